The third kappa shape index (κ3) is 5.40. The van der Waals surface area contributed by atoms with Crippen LogP contribution < -0.4 is 10.6 Å². The number of amides is 5. The highest BCUT2D eigenvalue weighted by Gasteiger charge is 2.56. The number of hydrogen-bond donors (Lipinski definition) is 2. The van der Waals surface area contributed by atoms with Crippen LogP contribution >= 0.6 is 0 Å². The molecule has 9 heteroatoms. The van der Waals surface area contributed by atoms with Crippen molar-refractivity contribution >= 4 is 29.4 Å². The van der Waals surface area contributed by atoms with Gasteiger partial charge in [-0.15, -0.1) is 0 Å². The van der Waals surface area contributed by atoms with Crippen LogP contribution in [0.25, 0.3) is 0 Å². The maximum absolute atomic E-state index is 13.3. The summed E-state index contributed by atoms with van der Waals surface area (Å²) < 4.78 is 0. The Kier molecular flexibility index (Phi) is 7.14. The molecule has 1 aliphatic carbocycles. The van der Waals surface area contributed by atoms with Crippen LogP contribution in [0, 0.1) is 25.2 Å². The molecule has 3 fully saturated rings. The molecule has 9 nitrogen and oxygen atoms in total. The number of aryl methyl sites for hydroxylation is 1. The van der Waals surface area contributed by atoms with Gasteiger partial charge in [0.1, 0.15) is 12.1 Å². The smallest absolute Gasteiger partial charge is 0.325 e. The number of hydrogen-bond acceptors (Lipinski definition) is 5. The molecule has 5 amide bonds. The first-order valence-electron chi connectivity index (χ1n) is 12.9. The van der Waals surface area contributed by atoms with Gasteiger partial charge in [-0.05, 0) is 61.6 Å². The third-order valence-corrected chi connectivity index (χ3v) is 7.89. The molecule has 1 spiro atoms. The lowest BCUT2D eigenvalue weighted by Crippen LogP contribution is -2.55. The molecule has 3 aliphatic rings. The van der Waals surface area contributed by atoms with Gasteiger partial charge in [0, 0.05) is 31.9 Å². The lowest BCUT2D eigenvalue weighted by atomic mass is 9.64. The number of nitrogens with one attached hydrogen (secondary N) is 2. The molecule has 2 N–H and O–H groups in total. The molecule has 1 saturated carbocycles. The Morgan fingerprint density at radius 1 is 1.06 bits per heavy atom. The van der Waals surface area contributed by atoms with Gasteiger partial charge in [-0.3, -0.25) is 24.2 Å². The van der Waals surface area contributed by atoms with Crippen LogP contribution in [0.15, 0.2) is 18.2 Å². The lowest BCUT2D eigenvalue weighted by Gasteiger charge is -2.43. The van der Waals surface area contributed by atoms with E-state index in [9.17, 15) is 19.2 Å². The summed E-state index contributed by atoms with van der Waals surface area (Å²) in [5, 5.41) is 5.91. The molecule has 4 rings (SSSR count). The van der Waals surface area contributed by atoms with E-state index in [-0.39, 0.29) is 36.2 Å². The second kappa shape index (κ2) is 9.84. The summed E-state index contributed by atoms with van der Waals surface area (Å²) in [6, 6.07) is 5.35. The fraction of sp³-hybridized carbons (Fsp3) is 0.630. The van der Waals surface area contributed by atoms with Crippen LogP contribution in [-0.2, 0) is 14.4 Å². The molecule has 196 valence electrons. The van der Waals surface area contributed by atoms with Crippen molar-refractivity contribution < 1.29 is 19.2 Å². The minimum atomic E-state index is -0.903. The van der Waals surface area contributed by atoms with Gasteiger partial charge in [0.05, 0.1) is 6.54 Å². The van der Waals surface area contributed by atoms with Crippen molar-refractivity contribution in [3.63, 3.8) is 0 Å². The zero-order valence-corrected chi connectivity index (χ0v) is 22.1. The molecular formula is C27H39N5O4. The van der Waals surface area contributed by atoms with Gasteiger partial charge in [-0.25, -0.2) is 4.79 Å². The van der Waals surface area contributed by atoms with Crippen LogP contribution in [0.4, 0.5) is 10.5 Å². The van der Waals surface area contributed by atoms with Crippen LogP contribution in [0.2, 0.25) is 0 Å². The van der Waals surface area contributed by atoms with E-state index in [1.165, 1.54) is 0 Å². The number of carbonyl (C=O) groups is 4. The van der Waals surface area contributed by atoms with E-state index in [4.69, 9.17) is 0 Å². The average molecular weight is 498 g/mol. The summed E-state index contributed by atoms with van der Waals surface area (Å²) in [5.41, 5.74) is 2.03. The third-order valence-electron chi connectivity index (χ3n) is 7.89. The number of benzene rings is 1. The first-order chi connectivity index (χ1) is 16.9. The largest absolute Gasteiger partial charge is 0.339 e. The molecule has 2 unspecified atom stereocenters. The molecule has 0 aromatic heterocycles. The van der Waals surface area contributed by atoms with Gasteiger partial charge in [-0.1, -0.05) is 32.9 Å². The molecule has 1 aromatic carbocycles. The number of nitrogens with zero attached hydrogens (tertiary/aromatic N) is 3. The minimum Gasteiger partial charge on any atom is -0.339 e. The van der Waals surface area contributed by atoms with E-state index in [0.29, 0.717) is 44.9 Å². The standard InChI is InChI=1S/C27H39N5O4/c1-18-13-26(4,5)17-27(14-18)24(35)32(25(36)29-27)16-23(34)31-11-9-30(10-12-31)15-22(33)28-21-8-6-7-19(2)20(21)3/h6-8,18H,9-17H2,1-5H3,(H,28,33)(H,29,36). The quantitative estimate of drug-likeness (QED) is 0.609. The van der Waals surface area contributed by atoms with Crippen molar-refractivity contribution in [1.82, 2.24) is 20.0 Å². The van der Waals surface area contributed by atoms with Gasteiger partial charge in [0.2, 0.25) is 11.8 Å². The number of imide groups is 1. The van der Waals surface area contributed by atoms with Crippen molar-refractivity contribution in [2.24, 2.45) is 11.3 Å². The summed E-state index contributed by atoms with van der Waals surface area (Å²) >= 11 is 0. The van der Waals surface area contributed by atoms with Crippen LogP contribution in [0.5, 0.6) is 0 Å². The molecule has 2 atom stereocenters. The number of anilines is 1. The Morgan fingerprint density at radius 2 is 1.75 bits per heavy atom. The van der Waals surface area contributed by atoms with Crippen LogP contribution in [0.1, 0.15) is 51.2 Å². The molecule has 36 heavy (non-hydrogen) atoms. The van der Waals surface area contributed by atoms with Crippen molar-refractivity contribution in [2.45, 2.75) is 59.4 Å². The van der Waals surface area contributed by atoms with E-state index >= 15 is 0 Å². The van der Waals surface area contributed by atoms with Gasteiger partial charge < -0.3 is 15.5 Å². The lowest BCUT2D eigenvalue weighted by molar-refractivity contribution is -0.141. The van der Waals surface area contributed by atoms with Crippen molar-refractivity contribution in [3.8, 4) is 0 Å². The summed E-state index contributed by atoms with van der Waals surface area (Å²) in [6.45, 7) is 12.4. The van der Waals surface area contributed by atoms with E-state index in [1.807, 2.05) is 36.9 Å². The minimum absolute atomic E-state index is 0.0543. The Balaban J connectivity index is 1.28. The molecular weight excluding hydrogens is 458 g/mol. The zero-order chi connectivity index (χ0) is 26.3. The normalized spacial score (nSPS) is 26.3. The first-order valence-corrected chi connectivity index (χ1v) is 12.9. The summed E-state index contributed by atoms with van der Waals surface area (Å²) in [5.74, 6) is -0.285. The van der Waals surface area contributed by atoms with Crippen LogP contribution in [-0.4, -0.2) is 83.3 Å². The summed E-state index contributed by atoms with van der Waals surface area (Å²) in [4.78, 5) is 56.4. The summed E-state index contributed by atoms with van der Waals surface area (Å²) in [6.07, 6.45) is 2.20. The Labute approximate surface area is 213 Å². The predicted octanol–water partition coefficient (Wildman–Crippen LogP) is 2.52. The second-order valence-corrected chi connectivity index (χ2v) is 11.7. The van der Waals surface area contributed by atoms with Crippen molar-refractivity contribution in [1.29, 1.82) is 0 Å². The highest BCUT2D eigenvalue weighted by atomic mass is 16.2. The number of urea groups is 1. The van der Waals surface area contributed by atoms with E-state index in [2.05, 4.69) is 31.4 Å². The molecule has 2 aliphatic heterocycles. The topological polar surface area (TPSA) is 102 Å². The molecule has 1 aromatic rings. The number of rotatable bonds is 5. The number of carbonyl (C=O) groups excluding carboxylic acids is 4. The van der Waals surface area contributed by atoms with E-state index < -0.39 is 11.6 Å². The van der Waals surface area contributed by atoms with Gasteiger partial charge in [0.25, 0.3) is 5.91 Å². The first kappa shape index (κ1) is 26.1. The maximum Gasteiger partial charge on any atom is 0.325 e. The maximum atomic E-state index is 13.3. The summed E-state index contributed by atoms with van der Waals surface area (Å²) in [7, 11) is 0. The molecule has 2 saturated heterocycles. The average Bonchev–Trinajstić information content (AvgIpc) is 2.99. The molecule has 0 radical (unpaired) electrons. The van der Waals surface area contributed by atoms with E-state index in [0.717, 1.165) is 28.1 Å². The zero-order valence-electron chi connectivity index (χ0n) is 22.1. The molecule has 0 bridgehead atoms. The Morgan fingerprint density at radius 3 is 2.42 bits per heavy atom. The Hall–Kier alpha value is -2.94. The van der Waals surface area contributed by atoms with E-state index in [1.54, 1.807) is 4.90 Å². The van der Waals surface area contributed by atoms with Gasteiger partial charge >= 0.3 is 6.03 Å². The predicted molar refractivity (Wildman–Crippen MR) is 137 cm³/mol. The molecule has 2 heterocycles. The monoisotopic (exact) mass is 497 g/mol. The fourth-order valence-corrected chi connectivity index (χ4v) is 6.32. The highest BCUT2D eigenvalue weighted by molar-refractivity contribution is 6.09. The van der Waals surface area contributed by atoms with Gasteiger partial charge in [0.15, 0.2) is 0 Å². The second-order valence-electron chi connectivity index (χ2n) is 11.7. The fourth-order valence-electron chi connectivity index (χ4n) is 6.32. The SMILES string of the molecule is Cc1cccc(NC(=O)CN2CCN(C(=O)CN3C(=O)NC4(CC(C)CC(C)(C)C4)C3=O)CC2)c1C. The van der Waals surface area contributed by atoms with Crippen molar-refractivity contribution in [2.75, 3.05) is 44.6 Å². The van der Waals surface area contributed by atoms with Crippen LogP contribution in [0.3, 0.4) is 0 Å². The number of piperazine rings is 1. The highest BCUT2D eigenvalue weighted by Crippen LogP contribution is 2.46. The van der Waals surface area contributed by atoms with Gasteiger partial charge in [-0.2, -0.15) is 0 Å². The Bertz CT molecular complexity index is 1060. The van der Waals surface area contributed by atoms with Crippen molar-refractivity contribution in [3.05, 3.63) is 29.3 Å².